The number of carbonyl (C=O) groups is 1. The lowest BCUT2D eigenvalue weighted by Crippen LogP contribution is -2.05. The van der Waals surface area contributed by atoms with Gasteiger partial charge in [-0.3, -0.25) is 4.79 Å². The first-order valence-corrected chi connectivity index (χ1v) is 4.49. The van der Waals surface area contributed by atoms with E-state index in [0.717, 1.165) is 11.0 Å². The van der Waals surface area contributed by atoms with E-state index in [9.17, 15) is 9.90 Å². The van der Waals surface area contributed by atoms with Crippen molar-refractivity contribution in [2.75, 3.05) is 0 Å². The summed E-state index contributed by atoms with van der Waals surface area (Å²) in [5.41, 5.74) is 2.16. The lowest BCUT2D eigenvalue weighted by molar-refractivity contribution is -0.139. The molecule has 1 heterocycles. The number of hydrogen-bond donors (Lipinski definition) is 3. The molecule has 0 aliphatic rings. The van der Waals surface area contributed by atoms with Gasteiger partial charge in [0.15, 0.2) is 0 Å². The Labute approximate surface area is 85.4 Å². The third kappa shape index (κ3) is 1.97. The molecule has 2 rings (SSSR count). The summed E-state index contributed by atoms with van der Waals surface area (Å²) in [5.74, 6) is -1.02. The monoisotopic (exact) mass is 206 g/mol. The van der Waals surface area contributed by atoms with Gasteiger partial charge in [0.25, 0.3) is 0 Å². The first kappa shape index (κ1) is 9.67. The van der Waals surface area contributed by atoms with Crippen LogP contribution in [0.25, 0.3) is 11.0 Å². The van der Waals surface area contributed by atoms with E-state index in [-0.39, 0.29) is 6.42 Å². The van der Waals surface area contributed by atoms with Crippen molar-refractivity contribution >= 4 is 17.0 Å². The van der Waals surface area contributed by atoms with Gasteiger partial charge in [-0.2, -0.15) is 0 Å². The smallest absolute Gasteiger partial charge is 0.306 e. The number of aromatic nitrogens is 2. The fourth-order valence-electron chi connectivity index (χ4n) is 1.44. The molecule has 1 atom stereocenters. The lowest BCUT2D eigenvalue weighted by Gasteiger charge is -2.07. The number of carboxylic acids is 1. The van der Waals surface area contributed by atoms with Crippen molar-refractivity contribution in [2.45, 2.75) is 12.5 Å². The minimum atomic E-state index is -1.02. The lowest BCUT2D eigenvalue weighted by atomic mass is 10.1. The predicted octanol–water partition coefficient (Wildman–Crippen LogP) is 1.07. The predicted molar refractivity (Wildman–Crippen MR) is 53.3 cm³/mol. The van der Waals surface area contributed by atoms with Gasteiger partial charge in [-0.05, 0) is 17.7 Å². The summed E-state index contributed by atoms with van der Waals surface area (Å²) in [7, 11) is 0. The van der Waals surface area contributed by atoms with Crippen LogP contribution in [-0.2, 0) is 4.79 Å². The first-order valence-electron chi connectivity index (χ1n) is 4.49. The Morgan fingerprint density at radius 2 is 2.33 bits per heavy atom. The number of rotatable bonds is 3. The Bertz CT molecular complexity index is 492. The molecule has 0 amide bonds. The molecule has 3 N–H and O–H groups in total. The summed E-state index contributed by atoms with van der Waals surface area (Å²) in [6, 6.07) is 5.12. The zero-order valence-corrected chi connectivity index (χ0v) is 7.84. The zero-order valence-electron chi connectivity index (χ0n) is 7.84. The molecule has 5 nitrogen and oxygen atoms in total. The fourth-order valence-corrected chi connectivity index (χ4v) is 1.44. The van der Waals surface area contributed by atoms with Gasteiger partial charge >= 0.3 is 5.97 Å². The van der Waals surface area contributed by atoms with Crippen molar-refractivity contribution in [3.05, 3.63) is 30.1 Å². The van der Waals surface area contributed by atoms with Crippen LogP contribution in [0.5, 0.6) is 0 Å². The van der Waals surface area contributed by atoms with E-state index in [1.807, 2.05) is 0 Å². The summed E-state index contributed by atoms with van der Waals surface area (Å²) in [6.45, 7) is 0. The van der Waals surface area contributed by atoms with Crippen molar-refractivity contribution in [1.29, 1.82) is 0 Å². The highest BCUT2D eigenvalue weighted by Crippen LogP contribution is 2.20. The van der Waals surface area contributed by atoms with Gasteiger partial charge in [-0.1, -0.05) is 6.07 Å². The highest BCUT2D eigenvalue weighted by molar-refractivity contribution is 5.75. The molecule has 0 unspecified atom stereocenters. The number of benzene rings is 1. The van der Waals surface area contributed by atoms with E-state index >= 15 is 0 Å². The summed E-state index contributed by atoms with van der Waals surface area (Å²) in [6.07, 6.45) is 0.285. The molecule has 5 heteroatoms. The number of hydrogen-bond acceptors (Lipinski definition) is 3. The molecule has 15 heavy (non-hydrogen) atoms. The SMILES string of the molecule is O=C(O)C[C@@H](O)c1ccc2nc[nH]c2c1. The van der Waals surface area contributed by atoms with Crippen molar-refractivity contribution in [3.63, 3.8) is 0 Å². The first-order chi connectivity index (χ1) is 7.16. The van der Waals surface area contributed by atoms with Crippen LogP contribution in [0.3, 0.4) is 0 Å². The van der Waals surface area contributed by atoms with Crippen LogP contribution in [0, 0.1) is 0 Å². The number of nitrogens with one attached hydrogen (secondary N) is 1. The summed E-state index contributed by atoms with van der Waals surface area (Å²) in [5, 5.41) is 18.1. The van der Waals surface area contributed by atoms with Gasteiger partial charge in [0.05, 0.1) is 29.9 Å². The average molecular weight is 206 g/mol. The highest BCUT2D eigenvalue weighted by Gasteiger charge is 2.12. The van der Waals surface area contributed by atoms with Gasteiger partial charge < -0.3 is 15.2 Å². The Hall–Kier alpha value is -1.88. The van der Waals surface area contributed by atoms with E-state index in [1.165, 1.54) is 0 Å². The molecule has 0 saturated carbocycles. The van der Waals surface area contributed by atoms with Crippen LogP contribution in [0.4, 0.5) is 0 Å². The number of nitrogens with zero attached hydrogens (tertiary/aromatic N) is 1. The summed E-state index contributed by atoms with van der Waals surface area (Å²) < 4.78 is 0. The van der Waals surface area contributed by atoms with Gasteiger partial charge in [-0.15, -0.1) is 0 Å². The molecule has 0 saturated heterocycles. The molecule has 1 aromatic carbocycles. The maximum Gasteiger partial charge on any atom is 0.306 e. The fraction of sp³-hybridized carbons (Fsp3) is 0.200. The Morgan fingerprint density at radius 1 is 1.53 bits per heavy atom. The van der Waals surface area contributed by atoms with E-state index in [0.29, 0.717) is 5.56 Å². The van der Waals surface area contributed by atoms with Crippen LogP contribution < -0.4 is 0 Å². The van der Waals surface area contributed by atoms with Gasteiger partial charge in [0.2, 0.25) is 0 Å². The molecule has 0 fully saturated rings. The maximum absolute atomic E-state index is 10.4. The van der Waals surface area contributed by atoms with Crippen molar-refractivity contribution in [3.8, 4) is 0 Å². The van der Waals surface area contributed by atoms with Crippen molar-refractivity contribution < 1.29 is 15.0 Å². The second-order valence-electron chi connectivity index (χ2n) is 3.29. The zero-order chi connectivity index (χ0) is 10.8. The molecule has 0 bridgehead atoms. The van der Waals surface area contributed by atoms with E-state index in [1.54, 1.807) is 24.5 Å². The third-order valence-electron chi connectivity index (χ3n) is 2.20. The molecule has 0 radical (unpaired) electrons. The molecule has 1 aromatic heterocycles. The van der Waals surface area contributed by atoms with Gasteiger partial charge in [0.1, 0.15) is 0 Å². The molecule has 0 spiro atoms. The molecular formula is C10H10N2O3. The molecule has 2 aromatic rings. The summed E-state index contributed by atoms with van der Waals surface area (Å²) >= 11 is 0. The summed E-state index contributed by atoms with van der Waals surface area (Å²) in [4.78, 5) is 17.3. The van der Waals surface area contributed by atoms with E-state index in [4.69, 9.17) is 5.11 Å². The number of aliphatic hydroxyl groups is 1. The molecular weight excluding hydrogens is 196 g/mol. The molecule has 78 valence electrons. The number of carboxylic acid groups (broad SMARTS) is 1. The second kappa shape index (κ2) is 3.70. The van der Waals surface area contributed by atoms with Crippen LogP contribution in [0.2, 0.25) is 0 Å². The minimum Gasteiger partial charge on any atom is -0.481 e. The minimum absolute atomic E-state index is 0.292. The standard InChI is InChI=1S/C10H10N2O3/c13-9(4-10(14)15)6-1-2-7-8(3-6)12-5-11-7/h1-3,5,9,13H,4H2,(H,11,12)(H,14,15)/t9-/m1/s1. The molecule has 0 aliphatic carbocycles. The van der Waals surface area contributed by atoms with Crippen LogP contribution in [-0.4, -0.2) is 26.2 Å². The average Bonchev–Trinajstić information content (AvgIpc) is 2.62. The normalized spacial score (nSPS) is 12.9. The topological polar surface area (TPSA) is 86.2 Å². The Kier molecular flexibility index (Phi) is 2.39. The molecule has 0 aliphatic heterocycles. The highest BCUT2D eigenvalue weighted by atomic mass is 16.4. The number of aromatic amines is 1. The number of fused-ring (bicyclic) bond motifs is 1. The van der Waals surface area contributed by atoms with Crippen LogP contribution in [0.15, 0.2) is 24.5 Å². The maximum atomic E-state index is 10.4. The van der Waals surface area contributed by atoms with Crippen molar-refractivity contribution in [2.24, 2.45) is 0 Å². The van der Waals surface area contributed by atoms with E-state index < -0.39 is 12.1 Å². The number of H-pyrrole nitrogens is 1. The van der Waals surface area contributed by atoms with E-state index in [2.05, 4.69) is 9.97 Å². The number of imidazole rings is 1. The van der Waals surface area contributed by atoms with Gasteiger partial charge in [0, 0.05) is 0 Å². The van der Waals surface area contributed by atoms with Crippen LogP contribution in [0.1, 0.15) is 18.1 Å². The van der Waals surface area contributed by atoms with Gasteiger partial charge in [-0.25, -0.2) is 4.98 Å². The number of aliphatic carboxylic acids is 1. The van der Waals surface area contributed by atoms with Crippen LogP contribution >= 0.6 is 0 Å². The second-order valence-corrected chi connectivity index (χ2v) is 3.29. The number of aliphatic hydroxyl groups excluding tert-OH is 1. The van der Waals surface area contributed by atoms with Crippen molar-refractivity contribution in [1.82, 2.24) is 9.97 Å². The third-order valence-corrected chi connectivity index (χ3v) is 2.20. The largest absolute Gasteiger partial charge is 0.481 e. The quantitative estimate of drug-likeness (QED) is 0.701. The Morgan fingerprint density at radius 3 is 3.07 bits per heavy atom. The Balaban J connectivity index is 2.30.